The summed E-state index contributed by atoms with van der Waals surface area (Å²) in [6.07, 6.45) is 0. The molecular formula is C23H28Cl2N2O3S. The number of halogens is 2. The summed E-state index contributed by atoms with van der Waals surface area (Å²) in [6.45, 7) is 5.85. The first-order chi connectivity index (χ1) is 14.7. The molecule has 2 amide bonds. The smallest absolute Gasteiger partial charge is 0.242 e. The highest BCUT2D eigenvalue weighted by molar-refractivity contribution is 7.99. The van der Waals surface area contributed by atoms with Gasteiger partial charge in [-0.05, 0) is 56.2 Å². The van der Waals surface area contributed by atoms with Gasteiger partial charge in [-0.15, -0.1) is 11.8 Å². The molecule has 0 aromatic heterocycles. The van der Waals surface area contributed by atoms with E-state index in [4.69, 9.17) is 27.9 Å². The maximum atomic E-state index is 13.1. The Morgan fingerprint density at radius 2 is 1.81 bits per heavy atom. The van der Waals surface area contributed by atoms with Crippen LogP contribution in [0.15, 0.2) is 42.5 Å². The molecule has 2 aromatic rings. The predicted molar refractivity (Wildman–Crippen MR) is 129 cm³/mol. The number of hydrogen-bond acceptors (Lipinski definition) is 4. The van der Waals surface area contributed by atoms with Crippen molar-refractivity contribution in [3.63, 3.8) is 0 Å². The van der Waals surface area contributed by atoms with Crippen LogP contribution in [0.25, 0.3) is 0 Å². The van der Waals surface area contributed by atoms with Gasteiger partial charge in [0.2, 0.25) is 11.8 Å². The van der Waals surface area contributed by atoms with Gasteiger partial charge in [-0.1, -0.05) is 41.4 Å². The summed E-state index contributed by atoms with van der Waals surface area (Å²) in [5.74, 6) is 1.27. The average Bonchev–Trinajstić information content (AvgIpc) is 2.73. The van der Waals surface area contributed by atoms with E-state index in [0.29, 0.717) is 28.1 Å². The lowest BCUT2D eigenvalue weighted by Crippen LogP contribution is -2.49. The molecule has 0 aliphatic rings. The van der Waals surface area contributed by atoms with Crippen LogP contribution in [0.4, 0.5) is 0 Å². The molecule has 0 radical (unpaired) electrons. The third-order valence-corrected chi connectivity index (χ3v) is 6.29. The van der Waals surface area contributed by atoms with Gasteiger partial charge in [-0.25, -0.2) is 0 Å². The molecule has 1 N–H and O–H groups in total. The number of methoxy groups -OCH3 is 1. The fraction of sp³-hybridized carbons (Fsp3) is 0.391. The van der Waals surface area contributed by atoms with Crippen molar-refractivity contribution in [1.29, 1.82) is 0 Å². The van der Waals surface area contributed by atoms with Crippen molar-refractivity contribution in [1.82, 2.24) is 10.2 Å². The summed E-state index contributed by atoms with van der Waals surface area (Å²) >= 11 is 13.5. The summed E-state index contributed by atoms with van der Waals surface area (Å²) in [5, 5.41) is 3.88. The van der Waals surface area contributed by atoms with E-state index in [1.165, 1.54) is 11.8 Å². The summed E-state index contributed by atoms with van der Waals surface area (Å²) in [5.41, 5.74) is 1.88. The Labute approximate surface area is 198 Å². The van der Waals surface area contributed by atoms with E-state index in [1.807, 2.05) is 44.2 Å². The van der Waals surface area contributed by atoms with Crippen molar-refractivity contribution >= 4 is 46.8 Å². The maximum absolute atomic E-state index is 13.1. The molecule has 31 heavy (non-hydrogen) atoms. The molecule has 0 bridgehead atoms. The summed E-state index contributed by atoms with van der Waals surface area (Å²) in [6, 6.07) is 12.3. The molecule has 0 unspecified atom stereocenters. The first-order valence-electron chi connectivity index (χ1n) is 9.95. The molecule has 8 heteroatoms. The molecule has 2 aromatic carbocycles. The number of amides is 2. The summed E-state index contributed by atoms with van der Waals surface area (Å²) < 4.78 is 5.28. The normalized spacial score (nSPS) is 11.8. The van der Waals surface area contributed by atoms with Crippen molar-refractivity contribution in [2.24, 2.45) is 0 Å². The largest absolute Gasteiger partial charge is 0.497 e. The van der Waals surface area contributed by atoms with Crippen LogP contribution in [0, 0.1) is 0 Å². The fourth-order valence-corrected chi connectivity index (χ4v) is 4.10. The highest BCUT2D eigenvalue weighted by Crippen LogP contribution is 2.25. The van der Waals surface area contributed by atoms with Crippen LogP contribution >= 0.6 is 35.0 Å². The van der Waals surface area contributed by atoms with Crippen molar-refractivity contribution in [2.75, 3.05) is 12.9 Å². The zero-order valence-corrected chi connectivity index (χ0v) is 20.5. The molecule has 0 saturated carbocycles. The highest BCUT2D eigenvalue weighted by Gasteiger charge is 2.26. The van der Waals surface area contributed by atoms with Crippen LogP contribution in [0.5, 0.6) is 5.75 Å². The first kappa shape index (κ1) is 25.4. The Morgan fingerprint density at radius 1 is 1.06 bits per heavy atom. The lowest BCUT2D eigenvalue weighted by Gasteiger charge is -2.29. The predicted octanol–water partition coefficient (Wildman–Crippen LogP) is 5.18. The molecule has 168 valence electrons. The lowest BCUT2D eigenvalue weighted by atomic mass is 10.1. The third-order valence-electron chi connectivity index (χ3n) is 4.56. The van der Waals surface area contributed by atoms with E-state index in [0.717, 1.165) is 11.1 Å². The van der Waals surface area contributed by atoms with Gasteiger partial charge in [0.1, 0.15) is 11.8 Å². The first-order valence-corrected chi connectivity index (χ1v) is 11.9. The number of nitrogens with zero attached hydrogens (tertiary/aromatic N) is 1. The number of nitrogens with one attached hydrogen (secondary N) is 1. The van der Waals surface area contributed by atoms with E-state index >= 15 is 0 Å². The molecule has 0 aliphatic carbocycles. The van der Waals surface area contributed by atoms with Crippen molar-refractivity contribution < 1.29 is 14.3 Å². The quantitative estimate of drug-likeness (QED) is 0.506. The summed E-state index contributed by atoms with van der Waals surface area (Å²) in [4.78, 5) is 27.3. The topological polar surface area (TPSA) is 58.6 Å². The standard InChI is InChI=1S/C23H28Cl2N2O3S/c1-15(2)26-23(29)16(3)27(12-17-6-5-7-19(10-17)30-4)22(28)14-31-13-18-8-9-20(24)21(25)11-18/h5-11,15-16H,12-14H2,1-4H3,(H,26,29)/t16-/m1/s1. The minimum Gasteiger partial charge on any atom is -0.497 e. The van der Waals surface area contributed by atoms with Crippen LogP contribution < -0.4 is 10.1 Å². The van der Waals surface area contributed by atoms with Crippen LogP contribution in [0.1, 0.15) is 31.9 Å². The average molecular weight is 483 g/mol. The van der Waals surface area contributed by atoms with Gasteiger partial charge in [-0.3, -0.25) is 9.59 Å². The van der Waals surface area contributed by atoms with E-state index in [-0.39, 0.29) is 23.6 Å². The minimum absolute atomic E-state index is 0.00671. The van der Waals surface area contributed by atoms with Gasteiger partial charge in [0, 0.05) is 18.3 Å². The fourth-order valence-electron chi connectivity index (χ4n) is 2.92. The molecule has 1 atom stereocenters. The van der Waals surface area contributed by atoms with Crippen LogP contribution in [0.3, 0.4) is 0 Å². The Morgan fingerprint density at radius 3 is 2.45 bits per heavy atom. The van der Waals surface area contributed by atoms with E-state index < -0.39 is 6.04 Å². The number of rotatable bonds is 10. The van der Waals surface area contributed by atoms with Crippen molar-refractivity contribution in [3.05, 3.63) is 63.6 Å². The monoisotopic (exact) mass is 482 g/mol. The molecule has 0 heterocycles. The number of thioether (sulfide) groups is 1. The van der Waals surface area contributed by atoms with Gasteiger partial charge < -0.3 is 15.0 Å². The SMILES string of the molecule is COc1cccc(CN(C(=O)CSCc2ccc(Cl)c(Cl)c2)[C@H](C)C(=O)NC(C)C)c1. The second kappa shape index (κ2) is 12.2. The summed E-state index contributed by atoms with van der Waals surface area (Å²) in [7, 11) is 1.60. The van der Waals surface area contributed by atoms with E-state index in [1.54, 1.807) is 31.1 Å². The van der Waals surface area contributed by atoms with Gasteiger partial charge in [0.05, 0.1) is 22.9 Å². The zero-order chi connectivity index (χ0) is 23.0. The molecule has 0 aliphatic heterocycles. The minimum atomic E-state index is -0.605. The number of hydrogen-bond donors (Lipinski definition) is 1. The van der Waals surface area contributed by atoms with Crippen molar-refractivity contribution in [2.45, 2.75) is 45.2 Å². The second-order valence-electron chi connectivity index (χ2n) is 7.45. The lowest BCUT2D eigenvalue weighted by molar-refractivity contribution is -0.138. The number of carbonyl (C=O) groups excluding carboxylic acids is 2. The van der Waals surface area contributed by atoms with E-state index in [2.05, 4.69) is 5.32 Å². The Hall–Kier alpha value is -1.89. The van der Waals surface area contributed by atoms with Gasteiger partial charge >= 0.3 is 0 Å². The number of benzene rings is 2. The van der Waals surface area contributed by atoms with E-state index in [9.17, 15) is 9.59 Å². The van der Waals surface area contributed by atoms with Crippen molar-refractivity contribution in [3.8, 4) is 5.75 Å². The molecule has 2 rings (SSSR count). The number of carbonyl (C=O) groups is 2. The highest BCUT2D eigenvalue weighted by atomic mass is 35.5. The zero-order valence-electron chi connectivity index (χ0n) is 18.2. The molecule has 0 fully saturated rings. The molecule has 5 nitrogen and oxygen atoms in total. The second-order valence-corrected chi connectivity index (χ2v) is 9.25. The molecular weight excluding hydrogens is 455 g/mol. The van der Waals surface area contributed by atoms with Gasteiger partial charge in [0.25, 0.3) is 0 Å². The molecule has 0 saturated heterocycles. The van der Waals surface area contributed by atoms with Gasteiger partial charge in [0.15, 0.2) is 0 Å². The Balaban J connectivity index is 2.10. The Kier molecular flexibility index (Phi) is 10.0. The van der Waals surface area contributed by atoms with Crippen LogP contribution in [-0.2, 0) is 21.9 Å². The van der Waals surface area contributed by atoms with Gasteiger partial charge in [-0.2, -0.15) is 0 Å². The van der Waals surface area contributed by atoms with Crippen LogP contribution in [-0.4, -0.2) is 41.7 Å². The molecule has 0 spiro atoms. The maximum Gasteiger partial charge on any atom is 0.242 e. The third kappa shape index (κ3) is 7.95. The number of ether oxygens (including phenoxy) is 1. The van der Waals surface area contributed by atoms with Crippen LogP contribution in [0.2, 0.25) is 10.0 Å². The Bertz CT molecular complexity index is 908.